The quantitative estimate of drug-likeness (QED) is 0.729. The van der Waals surface area contributed by atoms with E-state index in [1.165, 1.54) is 6.42 Å². The molecule has 0 unspecified atom stereocenters. The van der Waals surface area contributed by atoms with Crippen molar-refractivity contribution in [2.24, 2.45) is 0 Å². The standard InChI is InChI=1S/C21H25N5O/c27-12-11-26-10-8-20(24-26)19-7-4-9-25(16-19)15-17-13-22-21(23-14-17)18-5-2-1-3-6-18/h1-3,5-6,8,10,13-14,19,27H,4,7,9,11-12,15-16H2/t19-/m1/s1. The molecule has 3 heterocycles. The van der Waals surface area contributed by atoms with E-state index in [9.17, 15) is 0 Å². The number of likely N-dealkylation sites (tertiary alicyclic amines) is 1. The maximum atomic E-state index is 9.06. The zero-order valence-corrected chi connectivity index (χ0v) is 15.4. The summed E-state index contributed by atoms with van der Waals surface area (Å²) in [6, 6.07) is 12.1. The predicted molar refractivity (Wildman–Crippen MR) is 104 cm³/mol. The van der Waals surface area contributed by atoms with Gasteiger partial charge in [-0.15, -0.1) is 0 Å². The number of hydrogen-bond acceptors (Lipinski definition) is 5. The Morgan fingerprint density at radius 2 is 1.89 bits per heavy atom. The van der Waals surface area contributed by atoms with Crippen LogP contribution in [0.5, 0.6) is 0 Å². The van der Waals surface area contributed by atoms with Crippen LogP contribution in [0.25, 0.3) is 11.4 Å². The lowest BCUT2D eigenvalue weighted by molar-refractivity contribution is 0.197. The number of rotatable bonds is 6. The summed E-state index contributed by atoms with van der Waals surface area (Å²) in [5, 5.41) is 13.7. The molecule has 0 spiro atoms. The molecule has 6 nitrogen and oxygen atoms in total. The molecule has 140 valence electrons. The van der Waals surface area contributed by atoms with Crippen LogP contribution < -0.4 is 0 Å². The smallest absolute Gasteiger partial charge is 0.159 e. The Labute approximate surface area is 159 Å². The van der Waals surface area contributed by atoms with E-state index in [0.29, 0.717) is 12.5 Å². The molecule has 27 heavy (non-hydrogen) atoms. The van der Waals surface area contributed by atoms with E-state index >= 15 is 0 Å². The molecular formula is C21H25N5O. The highest BCUT2D eigenvalue weighted by Crippen LogP contribution is 2.26. The highest BCUT2D eigenvalue weighted by molar-refractivity contribution is 5.53. The molecule has 1 aliphatic rings. The van der Waals surface area contributed by atoms with Crippen molar-refractivity contribution in [2.75, 3.05) is 19.7 Å². The fourth-order valence-electron chi connectivity index (χ4n) is 3.69. The summed E-state index contributed by atoms with van der Waals surface area (Å²) in [6.07, 6.45) is 8.17. The Hall–Kier alpha value is -2.57. The van der Waals surface area contributed by atoms with Crippen LogP contribution in [-0.2, 0) is 13.1 Å². The molecule has 1 atom stereocenters. The first-order valence-corrected chi connectivity index (χ1v) is 9.55. The van der Waals surface area contributed by atoms with Crippen LogP contribution in [0.4, 0.5) is 0 Å². The lowest BCUT2D eigenvalue weighted by atomic mass is 9.95. The summed E-state index contributed by atoms with van der Waals surface area (Å²) >= 11 is 0. The van der Waals surface area contributed by atoms with Gasteiger partial charge in [-0.05, 0) is 25.5 Å². The number of piperidine rings is 1. The van der Waals surface area contributed by atoms with Gasteiger partial charge in [-0.3, -0.25) is 9.58 Å². The Morgan fingerprint density at radius 1 is 1.07 bits per heavy atom. The average molecular weight is 363 g/mol. The first-order valence-electron chi connectivity index (χ1n) is 9.55. The van der Waals surface area contributed by atoms with E-state index in [4.69, 9.17) is 5.11 Å². The normalized spacial score (nSPS) is 17.9. The van der Waals surface area contributed by atoms with E-state index in [1.54, 1.807) is 0 Å². The maximum absolute atomic E-state index is 9.06. The molecule has 1 aromatic carbocycles. The summed E-state index contributed by atoms with van der Waals surface area (Å²) < 4.78 is 1.82. The Morgan fingerprint density at radius 3 is 2.67 bits per heavy atom. The van der Waals surface area contributed by atoms with Gasteiger partial charge in [-0.25, -0.2) is 9.97 Å². The van der Waals surface area contributed by atoms with Gasteiger partial charge < -0.3 is 5.11 Å². The largest absolute Gasteiger partial charge is 0.394 e. The molecule has 0 radical (unpaired) electrons. The molecule has 1 aliphatic heterocycles. The highest BCUT2D eigenvalue weighted by Gasteiger charge is 2.23. The Kier molecular flexibility index (Phi) is 5.55. The molecule has 1 fully saturated rings. The van der Waals surface area contributed by atoms with Crippen molar-refractivity contribution in [3.8, 4) is 11.4 Å². The average Bonchev–Trinajstić information content (AvgIpc) is 3.19. The molecule has 0 aliphatic carbocycles. The maximum Gasteiger partial charge on any atom is 0.159 e. The number of aliphatic hydroxyl groups is 1. The third-order valence-electron chi connectivity index (χ3n) is 5.06. The van der Waals surface area contributed by atoms with E-state index in [-0.39, 0.29) is 6.61 Å². The SMILES string of the molecule is OCCn1ccc([C@@H]2CCCN(Cc3cnc(-c4ccccc4)nc3)C2)n1. The molecule has 0 saturated carbocycles. The lowest BCUT2D eigenvalue weighted by Crippen LogP contribution is -2.34. The van der Waals surface area contributed by atoms with E-state index < -0.39 is 0 Å². The van der Waals surface area contributed by atoms with Crippen LogP contribution in [0.15, 0.2) is 55.0 Å². The van der Waals surface area contributed by atoms with Gasteiger partial charge in [0.15, 0.2) is 5.82 Å². The summed E-state index contributed by atoms with van der Waals surface area (Å²) in [4.78, 5) is 11.5. The first-order chi connectivity index (χ1) is 13.3. The third kappa shape index (κ3) is 4.40. The van der Waals surface area contributed by atoms with Gasteiger partial charge in [0.2, 0.25) is 0 Å². The van der Waals surface area contributed by atoms with Gasteiger partial charge in [-0.1, -0.05) is 30.3 Å². The highest BCUT2D eigenvalue weighted by atomic mass is 16.3. The van der Waals surface area contributed by atoms with Gasteiger partial charge in [0.1, 0.15) is 0 Å². The second kappa shape index (κ2) is 8.41. The topological polar surface area (TPSA) is 67.1 Å². The van der Waals surface area contributed by atoms with Crippen molar-refractivity contribution >= 4 is 0 Å². The summed E-state index contributed by atoms with van der Waals surface area (Å²) in [5.41, 5.74) is 3.31. The summed E-state index contributed by atoms with van der Waals surface area (Å²) in [6.45, 7) is 3.63. The third-order valence-corrected chi connectivity index (χ3v) is 5.06. The van der Waals surface area contributed by atoms with Crippen molar-refractivity contribution in [3.63, 3.8) is 0 Å². The van der Waals surface area contributed by atoms with E-state index in [0.717, 1.165) is 48.7 Å². The summed E-state index contributed by atoms with van der Waals surface area (Å²) in [7, 11) is 0. The molecule has 3 aromatic rings. The first kappa shape index (κ1) is 17.8. The molecule has 0 bridgehead atoms. The van der Waals surface area contributed by atoms with Gasteiger partial charge in [0, 0.05) is 48.7 Å². The molecular weight excluding hydrogens is 338 g/mol. The van der Waals surface area contributed by atoms with Crippen LogP contribution in [0.1, 0.15) is 30.0 Å². The minimum absolute atomic E-state index is 0.122. The van der Waals surface area contributed by atoms with Crippen molar-refractivity contribution in [2.45, 2.75) is 31.8 Å². The van der Waals surface area contributed by atoms with Gasteiger partial charge in [-0.2, -0.15) is 5.10 Å². The molecule has 0 amide bonds. The predicted octanol–water partition coefficient (Wildman–Crippen LogP) is 2.71. The number of aromatic nitrogens is 4. The number of benzene rings is 1. The Balaban J connectivity index is 1.38. The van der Waals surface area contributed by atoms with Crippen LogP contribution in [0.2, 0.25) is 0 Å². The van der Waals surface area contributed by atoms with Crippen molar-refractivity contribution in [1.29, 1.82) is 0 Å². The minimum Gasteiger partial charge on any atom is -0.394 e. The zero-order chi connectivity index (χ0) is 18.5. The van der Waals surface area contributed by atoms with Crippen molar-refractivity contribution in [3.05, 3.63) is 66.2 Å². The van der Waals surface area contributed by atoms with Crippen LogP contribution in [0, 0.1) is 0 Å². The zero-order valence-electron chi connectivity index (χ0n) is 15.4. The number of nitrogens with zero attached hydrogens (tertiary/aromatic N) is 5. The van der Waals surface area contributed by atoms with Gasteiger partial charge >= 0.3 is 0 Å². The second-order valence-corrected chi connectivity index (χ2v) is 7.08. The fourth-order valence-corrected chi connectivity index (χ4v) is 3.69. The molecule has 6 heteroatoms. The van der Waals surface area contributed by atoms with Gasteiger partial charge in [0.05, 0.1) is 18.8 Å². The molecule has 4 rings (SSSR count). The van der Waals surface area contributed by atoms with Crippen molar-refractivity contribution < 1.29 is 5.11 Å². The number of hydrogen-bond donors (Lipinski definition) is 1. The lowest BCUT2D eigenvalue weighted by Gasteiger charge is -2.31. The van der Waals surface area contributed by atoms with Crippen LogP contribution in [0.3, 0.4) is 0 Å². The second-order valence-electron chi connectivity index (χ2n) is 7.08. The molecule has 2 aromatic heterocycles. The minimum atomic E-state index is 0.122. The van der Waals surface area contributed by atoms with Crippen molar-refractivity contribution in [1.82, 2.24) is 24.6 Å². The monoisotopic (exact) mass is 363 g/mol. The fraction of sp³-hybridized carbons (Fsp3) is 0.381. The molecule has 1 saturated heterocycles. The number of aliphatic hydroxyl groups excluding tert-OH is 1. The van der Waals surface area contributed by atoms with Crippen LogP contribution in [-0.4, -0.2) is 49.5 Å². The Bertz CT molecular complexity index is 847. The van der Waals surface area contributed by atoms with Crippen LogP contribution >= 0.6 is 0 Å². The van der Waals surface area contributed by atoms with E-state index in [1.807, 2.05) is 53.6 Å². The molecule has 1 N–H and O–H groups in total. The van der Waals surface area contributed by atoms with Gasteiger partial charge in [0.25, 0.3) is 0 Å². The van der Waals surface area contributed by atoms with E-state index in [2.05, 4.69) is 26.0 Å². The summed E-state index contributed by atoms with van der Waals surface area (Å²) in [5.74, 6) is 1.22.